The second-order valence-electron chi connectivity index (χ2n) is 13.5. The van der Waals surface area contributed by atoms with E-state index in [2.05, 4.69) is 24.5 Å². The second-order valence-corrected chi connectivity index (χ2v) is 13.5. The summed E-state index contributed by atoms with van der Waals surface area (Å²) < 4.78 is 21.8. The summed E-state index contributed by atoms with van der Waals surface area (Å²) in [5.41, 5.74) is 7.47. The molecule has 2 N–H and O–H groups in total. The minimum Gasteiger partial charge on any atom is -0.493 e. The van der Waals surface area contributed by atoms with Crippen molar-refractivity contribution in [2.75, 3.05) is 39.1 Å². The molecule has 10 heteroatoms. The van der Waals surface area contributed by atoms with E-state index >= 15 is 0 Å². The molecule has 0 aliphatic carbocycles. The number of methoxy groups -OCH3 is 4. The Hall–Kier alpha value is -6.42. The van der Waals surface area contributed by atoms with Crippen molar-refractivity contribution in [1.82, 2.24) is 0 Å². The molecule has 0 radical (unpaired) electrons. The van der Waals surface area contributed by atoms with Crippen LogP contribution in [0, 0.1) is 5.92 Å². The van der Waals surface area contributed by atoms with E-state index in [1.54, 1.807) is 40.6 Å². The van der Waals surface area contributed by atoms with Gasteiger partial charge in [-0.3, -0.25) is 19.6 Å². The Labute approximate surface area is 322 Å². The number of carbonyl (C=O) groups excluding carboxylic acids is 2. The van der Waals surface area contributed by atoms with Crippen LogP contribution in [0.15, 0.2) is 125 Å². The number of aliphatic imine (C=N–C) groups is 2. The van der Waals surface area contributed by atoms with E-state index in [0.717, 1.165) is 39.2 Å². The number of nitrogens with zero attached hydrogens (tertiary/aromatic N) is 2. The van der Waals surface area contributed by atoms with E-state index in [0.29, 0.717) is 53.1 Å². The molecule has 5 aromatic carbocycles. The van der Waals surface area contributed by atoms with Crippen LogP contribution in [-0.4, -0.2) is 63.8 Å². The summed E-state index contributed by atoms with van der Waals surface area (Å²) in [7, 11) is 6.35. The Morgan fingerprint density at radius 2 is 0.927 bits per heavy atom. The predicted molar refractivity (Wildman–Crippen MR) is 218 cm³/mol. The van der Waals surface area contributed by atoms with Crippen molar-refractivity contribution in [3.63, 3.8) is 0 Å². The molecule has 2 unspecified atom stereocenters. The zero-order chi connectivity index (χ0) is 38.9. The third kappa shape index (κ3) is 8.87. The molecule has 0 spiro atoms. The molecule has 0 bridgehead atoms. The third-order valence-electron chi connectivity index (χ3n) is 9.31. The Kier molecular flexibility index (Phi) is 12.3. The summed E-state index contributed by atoms with van der Waals surface area (Å²) in [6.45, 7) is 4.18. The number of amides is 2. The van der Waals surface area contributed by atoms with Crippen molar-refractivity contribution in [3.05, 3.63) is 143 Å². The van der Waals surface area contributed by atoms with Crippen molar-refractivity contribution >= 4 is 34.6 Å². The molecule has 55 heavy (non-hydrogen) atoms. The Bertz CT molecular complexity index is 2190. The number of fused-ring (bicyclic) bond motifs is 2. The molecule has 2 heterocycles. The summed E-state index contributed by atoms with van der Waals surface area (Å²) in [5.74, 6) is 2.43. The number of rotatable bonds is 10. The molecule has 2 aliphatic rings. The number of benzene rings is 5. The molecule has 0 saturated heterocycles. The van der Waals surface area contributed by atoms with E-state index in [4.69, 9.17) is 28.9 Å². The number of nitrogens with one attached hydrogen (secondary N) is 2. The molecule has 282 valence electrons. The maximum Gasteiger partial charge on any atom is 0.249 e. The lowest BCUT2D eigenvalue weighted by atomic mass is 9.99. The first-order chi connectivity index (χ1) is 26.7. The molecule has 2 atom stereocenters. The van der Waals surface area contributed by atoms with Crippen LogP contribution in [0.2, 0.25) is 0 Å². The standard InChI is InChI=1S/C24H22N2O3.C21H24N2O3/c1-28-21-14-18-19(15-22(21)29-2)26-24(27)20(13-16-9-5-3-6-10-16)25-23(18)17-11-7-4-8-12-17;1-13(2)10-17-21(24)23-16-12-19(26-4)18(25-3)11-15(16)20(22-17)14-8-6-5-7-9-14/h3-12,14-15,20H,13H2,1-2H3,(H,26,27);5-9,11-13,17H,10H2,1-4H3,(H,23,24). The first-order valence-corrected chi connectivity index (χ1v) is 18.2. The lowest BCUT2D eigenvalue weighted by Gasteiger charge is -2.15. The zero-order valence-electron chi connectivity index (χ0n) is 32.0. The molecule has 10 nitrogen and oxygen atoms in total. The Morgan fingerprint density at radius 3 is 1.35 bits per heavy atom. The Morgan fingerprint density at radius 1 is 0.545 bits per heavy atom. The van der Waals surface area contributed by atoms with Crippen molar-refractivity contribution in [2.45, 2.75) is 38.8 Å². The van der Waals surface area contributed by atoms with Gasteiger partial charge in [0, 0.05) is 40.8 Å². The number of anilines is 2. The van der Waals surface area contributed by atoms with Crippen LogP contribution in [0.5, 0.6) is 23.0 Å². The lowest BCUT2D eigenvalue weighted by Crippen LogP contribution is -2.27. The van der Waals surface area contributed by atoms with E-state index in [1.165, 1.54) is 0 Å². The summed E-state index contributed by atoms with van der Waals surface area (Å²) in [6, 6.07) is 36.0. The number of hydrogen-bond donors (Lipinski definition) is 2. The van der Waals surface area contributed by atoms with Gasteiger partial charge in [0.25, 0.3) is 0 Å². The van der Waals surface area contributed by atoms with Crippen molar-refractivity contribution in [2.24, 2.45) is 15.9 Å². The molecule has 2 aliphatic heterocycles. The van der Waals surface area contributed by atoms with Gasteiger partial charge in [0.1, 0.15) is 12.1 Å². The first kappa shape index (κ1) is 38.3. The van der Waals surface area contributed by atoms with Crippen LogP contribution >= 0.6 is 0 Å². The van der Waals surface area contributed by atoms with Gasteiger partial charge in [-0.05, 0) is 30.0 Å². The number of hydrogen-bond acceptors (Lipinski definition) is 8. The first-order valence-electron chi connectivity index (χ1n) is 18.2. The van der Waals surface area contributed by atoms with Gasteiger partial charge >= 0.3 is 0 Å². The number of benzodiazepines with no additional fused rings is 2. The number of ether oxygens (including phenoxy) is 4. The fraction of sp³-hybridized carbons (Fsp3) is 0.244. The van der Waals surface area contributed by atoms with Crippen LogP contribution in [0.25, 0.3) is 0 Å². The fourth-order valence-corrected chi connectivity index (χ4v) is 6.59. The largest absolute Gasteiger partial charge is 0.493 e. The van der Waals surface area contributed by atoms with Crippen molar-refractivity contribution in [3.8, 4) is 23.0 Å². The summed E-state index contributed by atoms with van der Waals surface area (Å²) >= 11 is 0. The molecule has 0 saturated carbocycles. The zero-order valence-corrected chi connectivity index (χ0v) is 32.0. The van der Waals surface area contributed by atoms with Crippen LogP contribution in [0.3, 0.4) is 0 Å². The van der Waals surface area contributed by atoms with Crippen LogP contribution in [0.1, 0.15) is 48.1 Å². The SMILES string of the molecule is COc1cc2c(cc1OC)C(c1ccccc1)=NC(CC(C)C)C(=O)N2.COc1cc2c(cc1OC)C(c1ccccc1)=NC(Cc1ccccc1)C(=O)N2. The highest BCUT2D eigenvalue weighted by molar-refractivity contribution is 6.21. The molecule has 5 aromatic rings. The highest BCUT2D eigenvalue weighted by Crippen LogP contribution is 2.38. The summed E-state index contributed by atoms with van der Waals surface area (Å²) in [5, 5.41) is 6.04. The highest BCUT2D eigenvalue weighted by Gasteiger charge is 2.29. The van der Waals surface area contributed by atoms with E-state index in [-0.39, 0.29) is 11.8 Å². The summed E-state index contributed by atoms with van der Waals surface area (Å²) in [4.78, 5) is 35.5. The third-order valence-corrected chi connectivity index (χ3v) is 9.31. The van der Waals surface area contributed by atoms with Gasteiger partial charge in [0.2, 0.25) is 11.8 Å². The number of carbonyl (C=O) groups is 2. The summed E-state index contributed by atoms with van der Waals surface area (Å²) in [6.07, 6.45) is 1.20. The van der Waals surface area contributed by atoms with E-state index in [1.807, 2.05) is 103 Å². The second kappa shape index (κ2) is 17.6. The van der Waals surface area contributed by atoms with Gasteiger partial charge in [-0.15, -0.1) is 0 Å². The van der Waals surface area contributed by atoms with E-state index < -0.39 is 12.1 Å². The quantitative estimate of drug-likeness (QED) is 0.150. The van der Waals surface area contributed by atoms with Gasteiger partial charge in [-0.25, -0.2) is 0 Å². The minimum atomic E-state index is -0.544. The van der Waals surface area contributed by atoms with Gasteiger partial charge in [0.05, 0.1) is 51.2 Å². The molecule has 2 amide bonds. The van der Waals surface area contributed by atoms with Crippen LogP contribution < -0.4 is 29.6 Å². The van der Waals surface area contributed by atoms with Gasteiger partial charge in [0.15, 0.2) is 23.0 Å². The van der Waals surface area contributed by atoms with Gasteiger partial charge in [-0.1, -0.05) is 105 Å². The average molecular weight is 739 g/mol. The minimum absolute atomic E-state index is 0.0990. The van der Waals surface area contributed by atoms with E-state index in [9.17, 15) is 9.59 Å². The maximum absolute atomic E-state index is 13.0. The normalized spacial score (nSPS) is 16.0. The maximum atomic E-state index is 13.0. The topological polar surface area (TPSA) is 120 Å². The molecule has 0 fully saturated rings. The van der Waals surface area contributed by atoms with Crippen LogP contribution in [0.4, 0.5) is 11.4 Å². The fourth-order valence-electron chi connectivity index (χ4n) is 6.59. The van der Waals surface area contributed by atoms with Gasteiger partial charge < -0.3 is 29.6 Å². The molecule has 0 aromatic heterocycles. The molecule has 7 rings (SSSR count). The monoisotopic (exact) mass is 738 g/mol. The Balaban J connectivity index is 0.000000188. The highest BCUT2D eigenvalue weighted by atomic mass is 16.5. The lowest BCUT2D eigenvalue weighted by molar-refractivity contribution is -0.118. The van der Waals surface area contributed by atoms with Crippen molar-refractivity contribution < 1.29 is 28.5 Å². The average Bonchev–Trinajstić information content (AvgIpc) is 3.43. The molecular formula is C45H46N4O6. The molecular weight excluding hydrogens is 693 g/mol. The predicted octanol–water partition coefficient (Wildman–Crippen LogP) is 8.01. The van der Waals surface area contributed by atoms with Crippen LogP contribution in [-0.2, 0) is 16.0 Å². The smallest absolute Gasteiger partial charge is 0.249 e. The van der Waals surface area contributed by atoms with Gasteiger partial charge in [-0.2, -0.15) is 0 Å². The van der Waals surface area contributed by atoms with Crippen molar-refractivity contribution in [1.29, 1.82) is 0 Å².